The van der Waals surface area contributed by atoms with E-state index in [-0.39, 0.29) is 18.1 Å². The topological polar surface area (TPSA) is 50.4 Å². The minimum atomic E-state index is 0.0506. The molecule has 0 aliphatic carbocycles. The average Bonchev–Trinajstić information content (AvgIpc) is 2.79. The molecule has 0 saturated carbocycles. The number of rotatable bonds is 4. The molecule has 0 spiro atoms. The first-order chi connectivity index (χ1) is 8.69. The maximum atomic E-state index is 11.9. The maximum absolute atomic E-state index is 11.9. The van der Waals surface area contributed by atoms with Crippen LogP contribution in [0.4, 0.5) is 0 Å². The van der Waals surface area contributed by atoms with Crippen molar-refractivity contribution in [1.29, 1.82) is 0 Å². The summed E-state index contributed by atoms with van der Waals surface area (Å²) in [6.07, 6.45) is 0.500. The molecule has 1 aromatic carbocycles. The number of aryl methyl sites for hydroxylation is 1. The van der Waals surface area contributed by atoms with Gasteiger partial charge in [0.2, 0.25) is 5.91 Å². The molecular weight excluding hydrogens is 228 g/mol. The van der Waals surface area contributed by atoms with E-state index in [4.69, 9.17) is 4.74 Å². The van der Waals surface area contributed by atoms with Gasteiger partial charge >= 0.3 is 0 Å². The summed E-state index contributed by atoms with van der Waals surface area (Å²) in [4.78, 5) is 11.9. The van der Waals surface area contributed by atoms with Gasteiger partial charge in [-0.2, -0.15) is 0 Å². The molecule has 1 amide bonds. The second-order valence-corrected chi connectivity index (χ2v) is 4.77. The summed E-state index contributed by atoms with van der Waals surface area (Å²) in [5.74, 6) is 0.0506. The van der Waals surface area contributed by atoms with E-state index in [0.717, 1.165) is 18.7 Å². The molecule has 98 valence electrons. The van der Waals surface area contributed by atoms with Crippen molar-refractivity contribution in [2.45, 2.75) is 25.5 Å². The van der Waals surface area contributed by atoms with E-state index in [9.17, 15) is 4.79 Å². The molecule has 0 aromatic heterocycles. The number of hydrogen-bond acceptors (Lipinski definition) is 3. The van der Waals surface area contributed by atoms with Gasteiger partial charge in [-0.1, -0.05) is 29.8 Å². The van der Waals surface area contributed by atoms with Gasteiger partial charge in [-0.05, 0) is 12.5 Å². The van der Waals surface area contributed by atoms with E-state index in [1.807, 2.05) is 31.2 Å². The minimum Gasteiger partial charge on any atom is -0.378 e. The van der Waals surface area contributed by atoms with E-state index in [2.05, 4.69) is 10.6 Å². The third-order valence-electron chi connectivity index (χ3n) is 3.29. The number of carbonyl (C=O) groups is 1. The SMILES string of the molecule is CO[C@H]1CNCC1NC(=O)Cc1ccc(C)cc1. The highest BCUT2D eigenvalue weighted by Crippen LogP contribution is 2.06. The van der Waals surface area contributed by atoms with Gasteiger partial charge in [0.15, 0.2) is 0 Å². The Labute approximate surface area is 108 Å². The monoisotopic (exact) mass is 248 g/mol. The zero-order valence-corrected chi connectivity index (χ0v) is 10.9. The van der Waals surface area contributed by atoms with Crippen LogP contribution in [0.5, 0.6) is 0 Å². The number of benzene rings is 1. The first kappa shape index (κ1) is 13.1. The molecular formula is C14H20N2O2. The van der Waals surface area contributed by atoms with Crippen molar-refractivity contribution in [2.75, 3.05) is 20.2 Å². The lowest BCUT2D eigenvalue weighted by atomic mass is 10.1. The molecule has 0 bridgehead atoms. The number of carbonyl (C=O) groups excluding carboxylic acids is 1. The number of nitrogens with one attached hydrogen (secondary N) is 2. The predicted molar refractivity (Wildman–Crippen MR) is 70.5 cm³/mol. The molecule has 18 heavy (non-hydrogen) atoms. The lowest BCUT2D eigenvalue weighted by molar-refractivity contribution is -0.121. The summed E-state index contributed by atoms with van der Waals surface area (Å²) in [6.45, 7) is 3.61. The van der Waals surface area contributed by atoms with Crippen molar-refractivity contribution in [3.05, 3.63) is 35.4 Å². The summed E-state index contributed by atoms with van der Waals surface area (Å²) < 4.78 is 5.31. The van der Waals surface area contributed by atoms with Crippen LogP contribution >= 0.6 is 0 Å². The third-order valence-corrected chi connectivity index (χ3v) is 3.29. The van der Waals surface area contributed by atoms with Crippen molar-refractivity contribution >= 4 is 5.91 Å². The van der Waals surface area contributed by atoms with Crippen molar-refractivity contribution < 1.29 is 9.53 Å². The second-order valence-electron chi connectivity index (χ2n) is 4.77. The predicted octanol–water partition coefficient (Wildman–Crippen LogP) is 0.641. The standard InChI is InChI=1S/C14H20N2O2/c1-10-3-5-11(6-4-10)7-14(17)16-12-8-15-9-13(12)18-2/h3-6,12-13,15H,7-9H2,1-2H3,(H,16,17)/t12?,13-/m0/s1. The van der Waals surface area contributed by atoms with E-state index in [0.29, 0.717) is 6.42 Å². The average molecular weight is 248 g/mol. The normalized spacial score (nSPS) is 23.0. The van der Waals surface area contributed by atoms with Crippen molar-refractivity contribution in [3.8, 4) is 0 Å². The summed E-state index contributed by atoms with van der Waals surface area (Å²) in [5, 5.41) is 6.23. The smallest absolute Gasteiger partial charge is 0.224 e. The quantitative estimate of drug-likeness (QED) is 0.822. The van der Waals surface area contributed by atoms with Gasteiger partial charge in [-0.25, -0.2) is 0 Å². The van der Waals surface area contributed by atoms with Crippen LogP contribution in [-0.2, 0) is 16.0 Å². The zero-order valence-electron chi connectivity index (χ0n) is 10.9. The first-order valence-corrected chi connectivity index (χ1v) is 6.27. The Kier molecular flexibility index (Phi) is 4.33. The van der Waals surface area contributed by atoms with Crippen LogP contribution in [0.2, 0.25) is 0 Å². The zero-order chi connectivity index (χ0) is 13.0. The maximum Gasteiger partial charge on any atom is 0.224 e. The Morgan fingerprint density at radius 1 is 1.39 bits per heavy atom. The Morgan fingerprint density at radius 2 is 2.11 bits per heavy atom. The van der Waals surface area contributed by atoms with E-state index < -0.39 is 0 Å². The lowest BCUT2D eigenvalue weighted by Crippen LogP contribution is -2.44. The van der Waals surface area contributed by atoms with Crippen LogP contribution in [-0.4, -0.2) is 38.3 Å². The number of ether oxygens (including phenoxy) is 1. The van der Waals surface area contributed by atoms with Crippen LogP contribution in [0.25, 0.3) is 0 Å². The van der Waals surface area contributed by atoms with Crippen molar-refractivity contribution in [1.82, 2.24) is 10.6 Å². The fraction of sp³-hybridized carbons (Fsp3) is 0.500. The van der Waals surface area contributed by atoms with Gasteiger partial charge in [-0.3, -0.25) is 4.79 Å². The third kappa shape index (κ3) is 3.31. The largest absolute Gasteiger partial charge is 0.378 e. The summed E-state index contributed by atoms with van der Waals surface area (Å²) in [6, 6.07) is 8.12. The fourth-order valence-corrected chi connectivity index (χ4v) is 2.20. The molecule has 2 atom stereocenters. The van der Waals surface area contributed by atoms with Gasteiger partial charge in [0.1, 0.15) is 0 Å². The highest BCUT2D eigenvalue weighted by atomic mass is 16.5. The van der Waals surface area contributed by atoms with Crippen LogP contribution < -0.4 is 10.6 Å². The summed E-state index contributed by atoms with van der Waals surface area (Å²) in [5.41, 5.74) is 2.25. The summed E-state index contributed by atoms with van der Waals surface area (Å²) in [7, 11) is 1.68. The highest BCUT2D eigenvalue weighted by molar-refractivity contribution is 5.79. The molecule has 1 saturated heterocycles. The van der Waals surface area contributed by atoms with Crippen LogP contribution in [0.15, 0.2) is 24.3 Å². The van der Waals surface area contributed by atoms with E-state index in [1.165, 1.54) is 5.56 Å². The molecule has 1 aliphatic rings. The molecule has 1 heterocycles. The van der Waals surface area contributed by atoms with Gasteiger partial charge in [0, 0.05) is 20.2 Å². The Hall–Kier alpha value is -1.39. The van der Waals surface area contributed by atoms with Crippen molar-refractivity contribution in [2.24, 2.45) is 0 Å². The molecule has 0 radical (unpaired) electrons. The molecule has 1 fully saturated rings. The minimum absolute atomic E-state index is 0.0506. The molecule has 2 rings (SSSR count). The number of methoxy groups -OCH3 is 1. The van der Waals surface area contributed by atoms with Gasteiger partial charge < -0.3 is 15.4 Å². The van der Waals surface area contributed by atoms with Gasteiger partial charge in [0.25, 0.3) is 0 Å². The Balaban J connectivity index is 1.86. The van der Waals surface area contributed by atoms with Gasteiger partial charge in [-0.15, -0.1) is 0 Å². The van der Waals surface area contributed by atoms with Gasteiger partial charge in [0.05, 0.1) is 18.6 Å². The van der Waals surface area contributed by atoms with E-state index in [1.54, 1.807) is 7.11 Å². The molecule has 4 heteroatoms. The fourth-order valence-electron chi connectivity index (χ4n) is 2.20. The van der Waals surface area contributed by atoms with Crippen LogP contribution in [0.3, 0.4) is 0 Å². The lowest BCUT2D eigenvalue weighted by Gasteiger charge is -2.18. The second kappa shape index (κ2) is 5.98. The first-order valence-electron chi connectivity index (χ1n) is 6.27. The molecule has 2 N–H and O–H groups in total. The summed E-state index contributed by atoms with van der Waals surface area (Å²) >= 11 is 0. The Morgan fingerprint density at radius 3 is 2.78 bits per heavy atom. The Bertz CT molecular complexity index is 403. The molecule has 1 unspecified atom stereocenters. The number of hydrogen-bond donors (Lipinski definition) is 2. The molecule has 4 nitrogen and oxygen atoms in total. The highest BCUT2D eigenvalue weighted by Gasteiger charge is 2.27. The van der Waals surface area contributed by atoms with Crippen LogP contribution in [0, 0.1) is 6.92 Å². The molecule has 1 aliphatic heterocycles. The van der Waals surface area contributed by atoms with Crippen molar-refractivity contribution in [3.63, 3.8) is 0 Å². The van der Waals surface area contributed by atoms with E-state index >= 15 is 0 Å². The van der Waals surface area contributed by atoms with Crippen LogP contribution in [0.1, 0.15) is 11.1 Å². The molecule has 1 aromatic rings. The number of amides is 1.